The average Bonchev–Trinajstić information content (AvgIpc) is 2.65. The lowest BCUT2D eigenvalue weighted by atomic mass is 10.3. The lowest BCUT2D eigenvalue weighted by Gasteiger charge is -2.08. The monoisotopic (exact) mass is 337 g/mol. The van der Waals surface area contributed by atoms with E-state index in [1.807, 2.05) is 6.07 Å². The average molecular weight is 337 g/mol. The third-order valence-electron chi connectivity index (χ3n) is 3.35. The second-order valence-corrected chi connectivity index (χ2v) is 5.10. The molecule has 0 bridgehead atoms. The number of aromatic nitrogens is 2. The van der Waals surface area contributed by atoms with Crippen molar-refractivity contribution in [2.24, 2.45) is 0 Å². The van der Waals surface area contributed by atoms with Crippen LogP contribution in [0.2, 0.25) is 0 Å². The van der Waals surface area contributed by atoms with Crippen molar-refractivity contribution in [1.29, 1.82) is 0 Å². The number of amides is 1. The Hall–Kier alpha value is -3.48. The van der Waals surface area contributed by atoms with Gasteiger partial charge in [-0.3, -0.25) is 9.78 Å². The van der Waals surface area contributed by atoms with Crippen molar-refractivity contribution in [2.75, 3.05) is 19.0 Å². The van der Waals surface area contributed by atoms with Crippen LogP contribution in [-0.2, 0) is 9.53 Å². The molecule has 1 aromatic heterocycles. The number of carbonyl (C=O) groups excluding carboxylic acids is 2. The summed E-state index contributed by atoms with van der Waals surface area (Å²) in [5.41, 5.74) is 1.85. The summed E-state index contributed by atoms with van der Waals surface area (Å²) in [5, 5.41) is 2.62. The molecule has 3 aromatic rings. The molecule has 1 amide bonds. The van der Waals surface area contributed by atoms with Crippen LogP contribution in [0.3, 0.4) is 0 Å². The number of nitrogens with zero attached hydrogens (tertiary/aromatic N) is 2. The molecule has 0 unspecified atom stereocenters. The molecule has 0 saturated heterocycles. The molecule has 1 heterocycles. The predicted molar refractivity (Wildman–Crippen MR) is 91.4 cm³/mol. The zero-order valence-electron chi connectivity index (χ0n) is 13.4. The van der Waals surface area contributed by atoms with E-state index in [2.05, 4.69) is 15.3 Å². The highest BCUT2D eigenvalue weighted by Gasteiger charge is 2.13. The van der Waals surface area contributed by atoms with Crippen LogP contribution in [0.4, 0.5) is 5.69 Å². The van der Waals surface area contributed by atoms with Crippen LogP contribution in [0.1, 0.15) is 10.5 Å². The Kier molecular flexibility index (Phi) is 4.84. The van der Waals surface area contributed by atoms with Crippen LogP contribution in [0.5, 0.6) is 5.75 Å². The van der Waals surface area contributed by atoms with E-state index in [1.54, 1.807) is 42.5 Å². The molecule has 0 aliphatic heterocycles. The smallest absolute Gasteiger partial charge is 0.359 e. The number of carbonyl (C=O) groups is 2. The fourth-order valence-corrected chi connectivity index (χ4v) is 2.16. The number of hydrogen-bond acceptors (Lipinski definition) is 6. The second-order valence-electron chi connectivity index (χ2n) is 5.10. The van der Waals surface area contributed by atoms with Gasteiger partial charge in [0.05, 0.1) is 24.3 Å². The van der Waals surface area contributed by atoms with Crippen molar-refractivity contribution in [2.45, 2.75) is 0 Å². The van der Waals surface area contributed by atoms with E-state index in [9.17, 15) is 9.59 Å². The number of hydrogen-bond donors (Lipinski definition) is 1. The first-order chi connectivity index (χ1) is 12.2. The van der Waals surface area contributed by atoms with Crippen LogP contribution in [-0.4, -0.2) is 35.6 Å². The number of ether oxygens (including phenoxy) is 2. The summed E-state index contributed by atoms with van der Waals surface area (Å²) < 4.78 is 10.1. The van der Waals surface area contributed by atoms with Crippen LogP contribution >= 0.6 is 0 Å². The summed E-state index contributed by atoms with van der Waals surface area (Å²) in [4.78, 5) is 32.2. The molecule has 25 heavy (non-hydrogen) atoms. The first-order valence-corrected chi connectivity index (χ1v) is 7.48. The molecule has 126 valence electrons. The third kappa shape index (κ3) is 4.08. The van der Waals surface area contributed by atoms with Crippen LogP contribution < -0.4 is 10.1 Å². The van der Waals surface area contributed by atoms with Gasteiger partial charge in [-0.2, -0.15) is 0 Å². The summed E-state index contributed by atoms with van der Waals surface area (Å²) >= 11 is 0. The van der Waals surface area contributed by atoms with E-state index in [4.69, 9.17) is 9.47 Å². The summed E-state index contributed by atoms with van der Waals surface area (Å²) in [5.74, 6) is -0.560. The van der Waals surface area contributed by atoms with E-state index < -0.39 is 18.5 Å². The fourth-order valence-electron chi connectivity index (χ4n) is 2.16. The fraction of sp³-hybridized carbons (Fsp3) is 0.111. The van der Waals surface area contributed by atoms with Gasteiger partial charge in [-0.25, -0.2) is 9.78 Å². The normalized spacial score (nSPS) is 10.3. The Morgan fingerprint density at radius 3 is 2.68 bits per heavy atom. The maximum atomic E-state index is 12.0. The largest absolute Gasteiger partial charge is 0.497 e. The Morgan fingerprint density at radius 1 is 1.08 bits per heavy atom. The van der Waals surface area contributed by atoms with E-state index in [-0.39, 0.29) is 5.69 Å². The maximum Gasteiger partial charge on any atom is 0.359 e. The predicted octanol–water partition coefficient (Wildman–Crippen LogP) is 2.43. The number of anilines is 1. The van der Waals surface area contributed by atoms with Crippen molar-refractivity contribution in [1.82, 2.24) is 9.97 Å². The number of para-hydroxylation sites is 2. The minimum atomic E-state index is -0.709. The minimum Gasteiger partial charge on any atom is -0.497 e. The topological polar surface area (TPSA) is 90.4 Å². The first-order valence-electron chi connectivity index (χ1n) is 7.48. The number of methoxy groups -OCH3 is 1. The SMILES string of the molecule is COc1cccc(NC(=O)COC(=O)c2cnc3ccccc3n2)c1. The molecule has 0 aliphatic rings. The molecule has 0 saturated carbocycles. The van der Waals surface area contributed by atoms with Gasteiger partial charge in [-0.05, 0) is 24.3 Å². The molecule has 2 aromatic carbocycles. The molecule has 7 heteroatoms. The van der Waals surface area contributed by atoms with E-state index in [0.717, 1.165) is 0 Å². The number of nitrogens with one attached hydrogen (secondary N) is 1. The summed E-state index contributed by atoms with van der Waals surface area (Å²) in [6.07, 6.45) is 1.32. The van der Waals surface area contributed by atoms with Crippen LogP contribution in [0.25, 0.3) is 11.0 Å². The minimum absolute atomic E-state index is 0.0490. The van der Waals surface area contributed by atoms with E-state index in [1.165, 1.54) is 13.3 Å². The van der Waals surface area contributed by atoms with Crippen molar-refractivity contribution < 1.29 is 19.1 Å². The first kappa shape index (κ1) is 16.4. The van der Waals surface area contributed by atoms with Gasteiger partial charge in [0.25, 0.3) is 5.91 Å². The van der Waals surface area contributed by atoms with E-state index in [0.29, 0.717) is 22.5 Å². The molecule has 0 radical (unpaired) electrons. The molecule has 3 rings (SSSR count). The number of fused-ring (bicyclic) bond motifs is 1. The van der Waals surface area contributed by atoms with Crippen LogP contribution in [0, 0.1) is 0 Å². The standard InChI is InChI=1S/C18H15N3O4/c1-24-13-6-4-5-12(9-13)20-17(22)11-25-18(23)16-10-19-14-7-2-3-8-15(14)21-16/h2-10H,11H2,1H3,(H,20,22). The zero-order valence-corrected chi connectivity index (χ0v) is 13.4. The molecule has 1 N–H and O–H groups in total. The zero-order chi connectivity index (χ0) is 17.6. The van der Waals surface area contributed by atoms with Crippen molar-refractivity contribution in [3.63, 3.8) is 0 Å². The van der Waals surface area contributed by atoms with Gasteiger partial charge >= 0.3 is 5.97 Å². The molecule has 0 atom stereocenters. The molecule has 7 nitrogen and oxygen atoms in total. The molecular formula is C18H15N3O4. The summed E-state index contributed by atoms with van der Waals surface area (Å²) in [6, 6.07) is 14.0. The van der Waals surface area contributed by atoms with Gasteiger partial charge in [0.1, 0.15) is 5.75 Å². The van der Waals surface area contributed by atoms with Gasteiger partial charge in [0, 0.05) is 11.8 Å². The van der Waals surface area contributed by atoms with Gasteiger partial charge in [0.15, 0.2) is 12.3 Å². The summed E-state index contributed by atoms with van der Waals surface area (Å²) in [6.45, 7) is -0.426. The molecule has 0 aliphatic carbocycles. The Balaban J connectivity index is 1.59. The van der Waals surface area contributed by atoms with Crippen LogP contribution in [0.15, 0.2) is 54.7 Å². The highest BCUT2D eigenvalue weighted by Crippen LogP contribution is 2.16. The number of rotatable bonds is 5. The molecule has 0 fully saturated rings. The lowest BCUT2D eigenvalue weighted by molar-refractivity contribution is -0.119. The number of benzene rings is 2. The Bertz CT molecular complexity index is 927. The third-order valence-corrected chi connectivity index (χ3v) is 3.35. The summed E-state index contributed by atoms with van der Waals surface area (Å²) in [7, 11) is 1.54. The Morgan fingerprint density at radius 2 is 1.88 bits per heavy atom. The molecular weight excluding hydrogens is 322 g/mol. The maximum absolute atomic E-state index is 12.0. The highest BCUT2D eigenvalue weighted by molar-refractivity contribution is 5.95. The lowest BCUT2D eigenvalue weighted by Crippen LogP contribution is -2.21. The van der Waals surface area contributed by atoms with Gasteiger partial charge in [-0.1, -0.05) is 18.2 Å². The Labute approximate surface area is 143 Å². The quantitative estimate of drug-likeness (QED) is 0.719. The highest BCUT2D eigenvalue weighted by atomic mass is 16.5. The van der Waals surface area contributed by atoms with Crippen molar-refractivity contribution >= 4 is 28.6 Å². The van der Waals surface area contributed by atoms with Gasteiger partial charge in [0.2, 0.25) is 0 Å². The molecule has 0 spiro atoms. The number of esters is 1. The van der Waals surface area contributed by atoms with Gasteiger partial charge < -0.3 is 14.8 Å². The second kappa shape index (κ2) is 7.39. The van der Waals surface area contributed by atoms with Gasteiger partial charge in [-0.15, -0.1) is 0 Å². The van der Waals surface area contributed by atoms with Crippen molar-refractivity contribution in [3.8, 4) is 5.75 Å². The van der Waals surface area contributed by atoms with E-state index >= 15 is 0 Å². The van der Waals surface area contributed by atoms with Crippen molar-refractivity contribution in [3.05, 3.63) is 60.4 Å².